The van der Waals surface area contributed by atoms with Crippen LogP contribution in [0.15, 0.2) is 0 Å². The van der Waals surface area contributed by atoms with Crippen LogP contribution in [0, 0.1) is 0 Å². The van der Waals surface area contributed by atoms with Gasteiger partial charge >= 0.3 is 0 Å². The van der Waals surface area contributed by atoms with E-state index in [1.165, 1.54) is 0 Å². The van der Waals surface area contributed by atoms with E-state index in [0.717, 1.165) is 19.5 Å². The first-order chi connectivity index (χ1) is 5.62. The molecule has 0 saturated heterocycles. The molecule has 0 aliphatic heterocycles. The Morgan fingerprint density at radius 2 is 1.83 bits per heavy atom. The minimum atomic E-state index is -2.98. The molecule has 0 aromatic rings. The van der Waals surface area contributed by atoms with Gasteiger partial charge in [0, 0.05) is 6.54 Å². The molecular weight excluding hydrogens is 176 g/mol. The molecule has 0 aromatic heterocycles. The standard InChI is InChI=1S/C7H18N2O2S/c1-3-8-6-5-7-9-12(10,11)4-2/h8-9H,3-7H2,1-2H3. The molecule has 0 fully saturated rings. The quantitative estimate of drug-likeness (QED) is 0.558. The minimum absolute atomic E-state index is 0.161. The third-order valence-corrected chi connectivity index (χ3v) is 2.89. The summed E-state index contributed by atoms with van der Waals surface area (Å²) in [5, 5.41) is 3.12. The van der Waals surface area contributed by atoms with Crippen LogP contribution in [0.4, 0.5) is 0 Å². The van der Waals surface area contributed by atoms with E-state index < -0.39 is 10.0 Å². The monoisotopic (exact) mass is 194 g/mol. The van der Waals surface area contributed by atoms with Crippen molar-refractivity contribution in [2.75, 3.05) is 25.4 Å². The van der Waals surface area contributed by atoms with E-state index >= 15 is 0 Å². The van der Waals surface area contributed by atoms with Gasteiger partial charge in [0.2, 0.25) is 10.0 Å². The third-order valence-electron chi connectivity index (χ3n) is 1.48. The summed E-state index contributed by atoms with van der Waals surface area (Å²) in [5.74, 6) is 0.161. The molecule has 4 nitrogen and oxygen atoms in total. The van der Waals surface area contributed by atoms with Gasteiger partial charge in [0.05, 0.1) is 5.75 Å². The second-order valence-electron chi connectivity index (χ2n) is 2.50. The highest BCUT2D eigenvalue weighted by Crippen LogP contribution is 1.82. The fourth-order valence-corrected chi connectivity index (χ4v) is 1.38. The maximum absolute atomic E-state index is 10.9. The number of hydrogen-bond donors (Lipinski definition) is 2. The summed E-state index contributed by atoms with van der Waals surface area (Å²) in [5.41, 5.74) is 0. The molecular formula is C7H18N2O2S. The van der Waals surface area contributed by atoms with Gasteiger partial charge in [-0.25, -0.2) is 13.1 Å². The average molecular weight is 194 g/mol. The highest BCUT2D eigenvalue weighted by molar-refractivity contribution is 7.89. The van der Waals surface area contributed by atoms with Crippen LogP contribution in [0.3, 0.4) is 0 Å². The van der Waals surface area contributed by atoms with Crippen LogP contribution in [-0.2, 0) is 10.0 Å². The largest absolute Gasteiger partial charge is 0.317 e. The molecule has 5 heteroatoms. The van der Waals surface area contributed by atoms with E-state index in [0.29, 0.717) is 6.54 Å². The fraction of sp³-hybridized carbons (Fsp3) is 1.00. The maximum atomic E-state index is 10.9. The summed E-state index contributed by atoms with van der Waals surface area (Å²) < 4.78 is 24.3. The molecule has 0 heterocycles. The predicted molar refractivity (Wildman–Crippen MR) is 50.6 cm³/mol. The van der Waals surface area contributed by atoms with Crippen LogP contribution in [0.1, 0.15) is 20.3 Å². The van der Waals surface area contributed by atoms with Crippen molar-refractivity contribution in [3.8, 4) is 0 Å². The van der Waals surface area contributed by atoms with E-state index in [4.69, 9.17) is 0 Å². The lowest BCUT2D eigenvalue weighted by atomic mass is 10.4. The van der Waals surface area contributed by atoms with Crippen molar-refractivity contribution in [3.05, 3.63) is 0 Å². The van der Waals surface area contributed by atoms with Crippen molar-refractivity contribution < 1.29 is 8.42 Å². The van der Waals surface area contributed by atoms with Gasteiger partial charge in [-0.1, -0.05) is 6.92 Å². The van der Waals surface area contributed by atoms with Gasteiger partial charge in [0.15, 0.2) is 0 Å². The number of rotatable bonds is 7. The number of hydrogen-bond acceptors (Lipinski definition) is 3. The zero-order chi connectivity index (χ0) is 9.45. The highest BCUT2D eigenvalue weighted by Gasteiger charge is 2.03. The van der Waals surface area contributed by atoms with Crippen molar-refractivity contribution in [1.29, 1.82) is 0 Å². The highest BCUT2D eigenvalue weighted by atomic mass is 32.2. The number of nitrogens with one attached hydrogen (secondary N) is 2. The lowest BCUT2D eigenvalue weighted by molar-refractivity contribution is 0.576. The van der Waals surface area contributed by atoms with Gasteiger partial charge in [-0.05, 0) is 26.4 Å². The Balaban J connectivity index is 3.32. The van der Waals surface area contributed by atoms with Crippen molar-refractivity contribution in [3.63, 3.8) is 0 Å². The summed E-state index contributed by atoms with van der Waals surface area (Å²) >= 11 is 0. The van der Waals surface area contributed by atoms with Crippen molar-refractivity contribution in [1.82, 2.24) is 10.0 Å². The molecule has 0 atom stereocenters. The van der Waals surface area contributed by atoms with Crippen LogP contribution in [0.2, 0.25) is 0 Å². The second-order valence-corrected chi connectivity index (χ2v) is 4.60. The molecule has 0 radical (unpaired) electrons. The van der Waals surface area contributed by atoms with E-state index in [1.54, 1.807) is 6.92 Å². The Hall–Kier alpha value is -0.130. The Morgan fingerprint density at radius 3 is 2.33 bits per heavy atom. The van der Waals surface area contributed by atoms with Gasteiger partial charge in [0.25, 0.3) is 0 Å². The molecule has 0 rings (SSSR count). The molecule has 0 spiro atoms. The van der Waals surface area contributed by atoms with Crippen LogP contribution in [0.25, 0.3) is 0 Å². The van der Waals surface area contributed by atoms with Gasteiger partial charge in [-0.3, -0.25) is 0 Å². The molecule has 0 aromatic carbocycles. The normalized spacial score (nSPS) is 11.8. The Morgan fingerprint density at radius 1 is 1.17 bits per heavy atom. The Bertz CT molecular complexity index is 190. The topological polar surface area (TPSA) is 58.2 Å². The maximum Gasteiger partial charge on any atom is 0.211 e. The van der Waals surface area contributed by atoms with E-state index in [2.05, 4.69) is 10.0 Å². The van der Waals surface area contributed by atoms with Crippen LogP contribution < -0.4 is 10.0 Å². The molecule has 0 bridgehead atoms. The Kier molecular flexibility index (Phi) is 6.32. The number of sulfonamides is 1. The zero-order valence-corrected chi connectivity index (χ0v) is 8.58. The summed E-state index contributed by atoms with van der Waals surface area (Å²) in [7, 11) is -2.98. The summed E-state index contributed by atoms with van der Waals surface area (Å²) in [6, 6.07) is 0. The summed E-state index contributed by atoms with van der Waals surface area (Å²) in [6.45, 7) is 5.98. The van der Waals surface area contributed by atoms with Crippen molar-refractivity contribution >= 4 is 10.0 Å². The molecule has 0 saturated carbocycles. The SMILES string of the molecule is CCNCCCNS(=O)(=O)CC. The average Bonchev–Trinajstić information content (AvgIpc) is 2.04. The molecule has 2 N–H and O–H groups in total. The first-order valence-corrected chi connectivity index (χ1v) is 5.95. The third kappa shape index (κ3) is 6.57. The second kappa shape index (κ2) is 6.39. The van der Waals surface area contributed by atoms with E-state index in [9.17, 15) is 8.42 Å². The molecule has 74 valence electrons. The van der Waals surface area contributed by atoms with Crippen molar-refractivity contribution in [2.24, 2.45) is 0 Å². The minimum Gasteiger partial charge on any atom is -0.317 e. The van der Waals surface area contributed by atoms with Crippen LogP contribution in [0.5, 0.6) is 0 Å². The molecule has 0 unspecified atom stereocenters. The van der Waals surface area contributed by atoms with Crippen molar-refractivity contribution in [2.45, 2.75) is 20.3 Å². The van der Waals surface area contributed by atoms with E-state index in [-0.39, 0.29) is 5.75 Å². The molecule has 0 amide bonds. The van der Waals surface area contributed by atoms with Crippen LogP contribution in [-0.4, -0.2) is 33.8 Å². The first kappa shape index (κ1) is 11.9. The molecule has 0 aliphatic rings. The first-order valence-electron chi connectivity index (χ1n) is 4.30. The Labute approximate surface area is 74.8 Å². The summed E-state index contributed by atoms with van der Waals surface area (Å²) in [4.78, 5) is 0. The van der Waals surface area contributed by atoms with Crippen LogP contribution >= 0.6 is 0 Å². The zero-order valence-electron chi connectivity index (χ0n) is 7.76. The van der Waals surface area contributed by atoms with Gasteiger partial charge < -0.3 is 5.32 Å². The van der Waals surface area contributed by atoms with Gasteiger partial charge in [0.1, 0.15) is 0 Å². The van der Waals surface area contributed by atoms with Gasteiger partial charge in [-0.2, -0.15) is 0 Å². The lowest BCUT2D eigenvalue weighted by Gasteiger charge is -2.03. The summed E-state index contributed by atoms with van der Waals surface area (Å²) in [6.07, 6.45) is 0.840. The lowest BCUT2D eigenvalue weighted by Crippen LogP contribution is -2.28. The smallest absolute Gasteiger partial charge is 0.211 e. The molecule has 12 heavy (non-hydrogen) atoms. The van der Waals surface area contributed by atoms with E-state index in [1.807, 2.05) is 6.92 Å². The molecule has 0 aliphatic carbocycles. The fourth-order valence-electron chi connectivity index (χ4n) is 0.720. The predicted octanol–water partition coefficient (Wildman–Crippen LogP) is -0.0747. The van der Waals surface area contributed by atoms with Gasteiger partial charge in [-0.15, -0.1) is 0 Å².